The average Bonchev–Trinajstić information content (AvgIpc) is 3.01. The van der Waals surface area contributed by atoms with Gasteiger partial charge in [0.25, 0.3) is 0 Å². The molecule has 0 radical (unpaired) electrons. The van der Waals surface area contributed by atoms with Crippen molar-refractivity contribution >= 4 is 28.9 Å². The third kappa shape index (κ3) is 2.77. The second-order valence-corrected chi connectivity index (χ2v) is 6.98. The van der Waals surface area contributed by atoms with Crippen LogP contribution in [0, 0.1) is 0 Å². The monoisotopic (exact) mass is 292 g/mol. The van der Waals surface area contributed by atoms with Crippen LogP contribution in [0.4, 0.5) is 0 Å². The molecule has 0 aromatic carbocycles. The summed E-state index contributed by atoms with van der Waals surface area (Å²) in [6.45, 7) is 0. The lowest BCUT2D eigenvalue weighted by Crippen LogP contribution is -2.03. The molecular weight excluding hydrogens is 276 g/mol. The van der Waals surface area contributed by atoms with Gasteiger partial charge in [-0.3, -0.25) is 4.79 Å². The largest absolute Gasteiger partial charge is 0.338 e. The topological polar surface area (TPSA) is 34.9 Å². The number of imidazole rings is 1. The highest BCUT2D eigenvalue weighted by atomic mass is 32.2. The molecule has 2 aromatic heterocycles. The van der Waals surface area contributed by atoms with Gasteiger partial charge < -0.3 is 4.57 Å². The van der Waals surface area contributed by atoms with Gasteiger partial charge in [-0.15, -0.1) is 11.3 Å². The first kappa shape index (κ1) is 12.9. The first-order valence-corrected chi connectivity index (χ1v) is 8.40. The standard InChI is InChI=1S/C14H16N2OS2/c1-16-6-5-15-14(16)3-2-11(17)13-8-10-9-18-7-4-12(10)19-13/h5-6,8H,2-4,7,9H2,1H3. The number of hydrogen-bond donors (Lipinski definition) is 0. The molecule has 1 aliphatic heterocycles. The van der Waals surface area contributed by atoms with Crippen LogP contribution in [0.15, 0.2) is 18.5 Å². The lowest BCUT2D eigenvalue weighted by molar-refractivity contribution is 0.0986. The maximum Gasteiger partial charge on any atom is 0.173 e. The van der Waals surface area contributed by atoms with E-state index in [-0.39, 0.29) is 5.78 Å². The number of aromatic nitrogens is 2. The SMILES string of the molecule is Cn1ccnc1CCC(=O)c1cc2c(s1)CCSC2. The van der Waals surface area contributed by atoms with Gasteiger partial charge in [0.2, 0.25) is 0 Å². The van der Waals surface area contributed by atoms with Crippen LogP contribution >= 0.6 is 23.1 Å². The summed E-state index contributed by atoms with van der Waals surface area (Å²) in [6, 6.07) is 2.10. The normalized spacial score (nSPS) is 14.4. The molecule has 0 aliphatic carbocycles. The molecule has 0 saturated carbocycles. The molecule has 0 amide bonds. The van der Waals surface area contributed by atoms with Crippen LogP contribution in [0.5, 0.6) is 0 Å². The Morgan fingerprint density at radius 2 is 2.42 bits per heavy atom. The Bertz CT molecular complexity index is 577. The number of rotatable bonds is 4. The van der Waals surface area contributed by atoms with Gasteiger partial charge in [-0.2, -0.15) is 11.8 Å². The molecule has 3 heterocycles. The van der Waals surface area contributed by atoms with Gasteiger partial charge >= 0.3 is 0 Å². The quantitative estimate of drug-likeness (QED) is 0.812. The molecule has 0 atom stereocenters. The first-order valence-electron chi connectivity index (χ1n) is 6.43. The van der Waals surface area contributed by atoms with E-state index in [1.807, 2.05) is 29.6 Å². The van der Waals surface area contributed by atoms with Crippen molar-refractivity contribution in [1.29, 1.82) is 0 Å². The van der Waals surface area contributed by atoms with E-state index in [2.05, 4.69) is 11.1 Å². The molecule has 1 aliphatic rings. The van der Waals surface area contributed by atoms with Gasteiger partial charge in [0.15, 0.2) is 5.78 Å². The Hall–Kier alpha value is -1.07. The second-order valence-electron chi connectivity index (χ2n) is 4.74. The zero-order chi connectivity index (χ0) is 13.2. The zero-order valence-electron chi connectivity index (χ0n) is 10.9. The van der Waals surface area contributed by atoms with E-state index in [1.165, 1.54) is 16.2 Å². The summed E-state index contributed by atoms with van der Waals surface area (Å²) in [5.41, 5.74) is 1.38. The smallest absolute Gasteiger partial charge is 0.173 e. The number of thiophene rings is 1. The van der Waals surface area contributed by atoms with Crippen molar-refractivity contribution < 1.29 is 4.79 Å². The predicted octanol–water partition coefficient (Wildman–Crippen LogP) is 3.09. The lowest BCUT2D eigenvalue weighted by Gasteiger charge is -2.08. The molecule has 0 fully saturated rings. The van der Waals surface area contributed by atoms with Crippen molar-refractivity contribution in [1.82, 2.24) is 9.55 Å². The minimum Gasteiger partial charge on any atom is -0.338 e. The van der Waals surface area contributed by atoms with Crippen LogP contribution in [0.2, 0.25) is 0 Å². The van der Waals surface area contributed by atoms with Crippen LogP contribution in [-0.2, 0) is 25.6 Å². The van der Waals surface area contributed by atoms with E-state index in [4.69, 9.17) is 0 Å². The molecule has 0 saturated heterocycles. The van der Waals surface area contributed by atoms with Gasteiger partial charge in [-0.1, -0.05) is 0 Å². The fraction of sp³-hybridized carbons (Fsp3) is 0.429. The predicted molar refractivity (Wildman–Crippen MR) is 80.0 cm³/mol. The Morgan fingerprint density at radius 1 is 1.53 bits per heavy atom. The number of ketones is 1. The van der Waals surface area contributed by atoms with Crippen LogP contribution < -0.4 is 0 Å². The molecule has 0 unspecified atom stereocenters. The number of Topliss-reactive ketones (excluding diaryl/α,β-unsaturated/α-hetero) is 1. The maximum absolute atomic E-state index is 12.2. The summed E-state index contributed by atoms with van der Waals surface area (Å²) in [5.74, 6) is 3.49. The van der Waals surface area contributed by atoms with E-state index in [1.54, 1.807) is 17.5 Å². The Balaban J connectivity index is 1.67. The van der Waals surface area contributed by atoms with Crippen molar-refractivity contribution in [3.63, 3.8) is 0 Å². The molecule has 2 aromatic rings. The Kier molecular flexibility index (Phi) is 3.75. The number of carbonyl (C=O) groups excluding carboxylic acids is 1. The summed E-state index contributed by atoms with van der Waals surface area (Å²) in [6.07, 6.45) is 6.09. The van der Waals surface area contributed by atoms with Crippen molar-refractivity contribution in [2.45, 2.75) is 25.0 Å². The van der Waals surface area contributed by atoms with Gasteiger partial charge in [-0.05, 0) is 23.8 Å². The highest BCUT2D eigenvalue weighted by Crippen LogP contribution is 2.32. The highest BCUT2D eigenvalue weighted by Gasteiger charge is 2.17. The third-order valence-electron chi connectivity index (χ3n) is 3.40. The molecule has 100 valence electrons. The van der Waals surface area contributed by atoms with Crippen LogP contribution in [-0.4, -0.2) is 21.1 Å². The number of thioether (sulfide) groups is 1. The minimum atomic E-state index is 0.257. The van der Waals surface area contributed by atoms with Crippen molar-refractivity contribution in [2.24, 2.45) is 7.05 Å². The molecule has 5 heteroatoms. The highest BCUT2D eigenvalue weighted by molar-refractivity contribution is 7.98. The fourth-order valence-corrected chi connectivity index (χ4v) is 4.61. The van der Waals surface area contributed by atoms with E-state index < -0.39 is 0 Å². The first-order chi connectivity index (χ1) is 9.24. The van der Waals surface area contributed by atoms with Crippen molar-refractivity contribution in [3.8, 4) is 0 Å². The number of fused-ring (bicyclic) bond motifs is 1. The Morgan fingerprint density at radius 3 is 3.16 bits per heavy atom. The second kappa shape index (κ2) is 5.51. The van der Waals surface area contributed by atoms with Crippen molar-refractivity contribution in [2.75, 3.05) is 5.75 Å². The molecule has 3 rings (SSSR count). The molecular formula is C14H16N2OS2. The summed E-state index contributed by atoms with van der Waals surface area (Å²) < 4.78 is 1.98. The summed E-state index contributed by atoms with van der Waals surface area (Å²) in [5, 5.41) is 0. The van der Waals surface area contributed by atoms with Gasteiger partial charge in [0, 0.05) is 42.9 Å². The van der Waals surface area contributed by atoms with E-state index in [0.29, 0.717) is 6.42 Å². The lowest BCUT2D eigenvalue weighted by atomic mass is 10.1. The van der Waals surface area contributed by atoms with Gasteiger partial charge in [0.1, 0.15) is 5.82 Å². The number of aryl methyl sites for hydroxylation is 3. The van der Waals surface area contributed by atoms with Crippen LogP contribution in [0.25, 0.3) is 0 Å². The maximum atomic E-state index is 12.2. The molecule has 0 N–H and O–H groups in total. The summed E-state index contributed by atoms with van der Waals surface area (Å²) in [4.78, 5) is 18.8. The zero-order valence-corrected chi connectivity index (χ0v) is 12.5. The minimum absolute atomic E-state index is 0.257. The van der Waals surface area contributed by atoms with E-state index >= 15 is 0 Å². The van der Waals surface area contributed by atoms with Crippen LogP contribution in [0.1, 0.15) is 32.4 Å². The average molecular weight is 292 g/mol. The number of nitrogens with zero attached hydrogens (tertiary/aromatic N) is 2. The fourth-order valence-electron chi connectivity index (χ4n) is 2.27. The number of hydrogen-bond acceptors (Lipinski definition) is 4. The number of carbonyl (C=O) groups is 1. The van der Waals surface area contributed by atoms with E-state index in [0.717, 1.165) is 29.3 Å². The van der Waals surface area contributed by atoms with Crippen LogP contribution in [0.3, 0.4) is 0 Å². The molecule has 0 spiro atoms. The van der Waals surface area contributed by atoms with Gasteiger partial charge in [-0.25, -0.2) is 4.98 Å². The molecule has 3 nitrogen and oxygen atoms in total. The summed E-state index contributed by atoms with van der Waals surface area (Å²) >= 11 is 3.65. The van der Waals surface area contributed by atoms with Gasteiger partial charge in [0.05, 0.1) is 4.88 Å². The Labute approximate surface area is 121 Å². The van der Waals surface area contributed by atoms with Crippen molar-refractivity contribution in [3.05, 3.63) is 39.6 Å². The van der Waals surface area contributed by atoms with E-state index in [9.17, 15) is 4.79 Å². The third-order valence-corrected chi connectivity index (χ3v) is 5.69. The molecule has 19 heavy (non-hydrogen) atoms. The summed E-state index contributed by atoms with van der Waals surface area (Å²) in [7, 11) is 1.97. The molecule has 0 bridgehead atoms.